The van der Waals surface area contributed by atoms with Crippen molar-refractivity contribution in [2.24, 2.45) is 5.41 Å². The fraction of sp³-hybridized carbons (Fsp3) is 0.562. The molecule has 0 amide bonds. The molecular weight excluding hydrogens is 236 g/mol. The van der Waals surface area contributed by atoms with E-state index in [0.29, 0.717) is 5.56 Å². The number of hydrogen-bond donors (Lipinski definition) is 2. The van der Waals surface area contributed by atoms with Crippen LogP contribution in [0, 0.1) is 23.7 Å². The largest absolute Gasteiger partial charge is 0.396 e. The lowest BCUT2D eigenvalue weighted by Crippen LogP contribution is -2.36. The molecule has 0 aromatic heterocycles. The van der Waals surface area contributed by atoms with Gasteiger partial charge in [-0.1, -0.05) is 19.9 Å². The van der Waals surface area contributed by atoms with E-state index in [1.807, 2.05) is 25.1 Å². The average molecular weight is 260 g/mol. The van der Waals surface area contributed by atoms with Gasteiger partial charge in [-0.2, -0.15) is 5.26 Å². The molecule has 0 radical (unpaired) electrons. The van der Waals surface area contributed by atoms with E-state index < -0.39 is 0 Å². The lowest BCUT2D eigenvalue weighted by molar-refractivity contribution is 0.113. The first-order chi connectivity index (χ1) is 9.10. The van der Waals surface area contributed by atoms with Crippen molar-refractivity contribution in [3.8, 4) is 6.07 Å². The molecule has 3 heteroatoms. The molecule has 0 bridgehead atoms. The zero-order chi connectivity index (χ0) is 14.3. The number of nitrogens with zero attached hydrogens (tertiary/aromatic N) is 1. The van der Waals surface area contributed by atoms with Crippen molar-refractivity contribution >= 4 is 0 Å². The Morgan fingerprint density at radius 2 is 2.00 bits per heavy atom. The summed E-state index contributed by atoms with van der Waals surface area (Å²) in [4.78, 5) is 0. The highest BCUT2D eigenvalue weighted by Gasteiger charge is 2.24. The Labute approximate surface area is 116 Å². The van der Waals surface area contributed by atoms with Crippen molar-refractivity contribution in [1.82, 2.24) is 5.32 Å². The second kappa shape index (κ2) is 7.28. The number of benzene rings is 1. The van der Waals surface area contributed by atoms with Gasteiger partial charge in [-0.3, -0.25) is 0 Å². The summed E-state index contributed by atoms with van der Waals surface area (Å²) in [5.41, 5.74) is 3.03. The molecule has 0 aliphatic carbocycles. The van der Waals surface area contributed by atoms with Crippen LogP contribution in [0.5, 0.6) is 0 Å². The van der Waals surface area contributed by atoms with E-state index >= 15 is 0 Å². The maximum atomic E-state index is 9.52. The summed E-state index contributed by atoms with van der Waals surface area (Å²) in [6.07, 6.45) is 1.94. The van der Waals surface area contributed by atoms with Crippen LogP contribution in [0.15, 0.2) is 18.2 Å². The van der Waals surface area contributed by atoms with E-state index in [1.165, 1.54) is 5.56 Å². The molecule has 0 saturated heterocycles. The molecule has 0 heterocycles. The van der Waals surface area contributed by atoms with Crippen molar-refractivity contribution in [3.05, 3.63) is 34.9 Å². The zero-order valence-electron chi connectivity index (χ0n) is 12.2. The van der Waals surface area contributed by atoms with E-state index in [-0.39, 0.29) is 12.0 Å². The topological polar surface area (TPSA) is 56.0 Å². The van der Waals surface area contributed by atoms with Gasteiger partial charge in [0.05, 0.1) is 11.6 Å². The molecule has 1 rings (SSSR count). The van der Waals surface area contributed by atoms with Crippen molar-refractivity contribution < 1.29 is 5.11 Å². The molecule has 0 fully saturated rings. The highest BCUT2D eigenvalue weighted by Crippen LogP contribution is 2.24. The number of hydrogen-bond acceptors (Lipinski definition) is 3. The Morgan fingerprint density at radius 1 is 1.32 bits per heavy atom. The van der Waals surface area contributed by atoms with Crippen LogP contribution in [0.1, 0.15) is 43.4 Å². The van der Waals surface area contributed by atoms with Crippen LogP contribution >= 0.6 is 0 Å². The zero-order valence-corrected chi connectivity index (χ0v) is 12.2. The predicted octanol–water partition coefficient (Wildman–Crippen LogP) is 2.76. The van der Waals surface area contributed by atoms with E-state index in [9.17, 15) is 5.11 Å². The number of nitrogens with one attached hydrogen (secondary N) is 1. The highest BCUT2D eigenvalue weighted by molar-refractivity contribution is 5.37. The molecule has 2 N–H and O–H groups in total. The fourth-order valence-corrected chi connectivity index (χ4v) is 2.21. The molecule has 0 saturated carbocycles. The third kappa shape index (κ3) is 4.05. The van der Waals surface area contributed by atoms with Gasteiger partial charge in [0, 0.05) is 25.1 Å². The van der Waals surface area contributed by atoms with Gasteiger partial charge in [0.15, 0.2) is 0 Å². The molecule has 0 unspecified atom stereocenters. The summed E-state index contributed by atoms with van der Waals surface area (Å²) in [6, 6.07) is 7.91. The lowest BCUT2D eigenvalue weighted by Gasteiger charge is -2.29. The maximum absolute atomic E-state index is 9.52. The standard InChI is InChI=1S/C16H24N2O/c1-4-16(5-2,12-19)11-18-10-15-7-6-14(9-17)8-13(15)3/h6-8,18-19H,4-5,10-12H2,1-3H3. The minimum absolute atomic E-state index is 0.0134. The third-order valence-electron chi connectivity index (χ3n) is 4.12. The smallest absolute Gasteiger partial charge is 0.0991 e. The highest BCUT2D eigenvalue weighted by atomic mass is 16.3. The van der Waals surface area contributed by atoms with E-state index in [0.717, 1.165) is 31.5 Å². The fourth-order valence-electron chi connectivity index (χ4n) is 2.21. The van der Waals surface area contributed by atoms with Crippen LogP contribution in [-0.2, 0) is 6.54 Å². The molecule has 1 aromatic rings. The van der Waals surface area contributed by atoms with Crippen molar-refractivity contribution in [3.63, 3.8) is 0 Å². The second-order valence-corrected chi connectivity index (χ2v) is 5.22. The predicted molar refractivity (Wildman–Crippen MR) is 77.7 cm³/mol. The number of nitriles is 1. The van der Waals surface area contributed by atoms with Gasteiger partial charge in [-0.05, 0) is 43.0 Å². The van der Waals surface area contributed by atoms with Gasteiger partial charge in [-0.15, -0.1) is 0 Å². The third-order valence-corrected chi connectivity index (χ3v) is 4.12. The summed E-state index contributed by atoms with van der Waals surface area (Å²) in [5.74, 6) is 0. The Bertz CT molecular complexity index is 436. The van der Waals surface area contributed by atoms with Gasteiger partial charge in [0.25, 0.3) is 0 Å². The van der Waals surface area contributed by atoms with Gasteiger partial charge in [-0.25, -0.2) is 0 Å². The van der Waals surface area contributed by atoms with Crippen molar-refractivity contribution in [2.45, 2.75) is 40.2 Å². The molecule has 0 aliphatic heterocycles. The SMILES string of the molecule is CCC(CC)(CO)CNCc1ccc(C#N)cc1C. The number of aryl methyl sites for hydroxylation is 1. The minimum atomic E-state index is -0.0134. The Hall–Kier alpha value is -1.37. The van der Waals surface area contributed by atoms with Gasteiger partial charge < -0.3 is 10.4 Å². The molecule has 0 aliphatic rings. The average Bonchev–Trinajstić information content (AvgIpc) is 2.45. The second-order valence-electron chi connectivity index (χ2n) is 5.22. The van der Waals surface area contributed by atoms with Crippen molar-refractivity contribution in [2.75, 3.05) is 13.2 Å². The summed E-state index contributed by atoms with van der Waals surface area (Å²) in [6.45, 7) is 8.08. The first-order valence-corrected chi connectivity index (χ1v) is 6.92. The minimum Gasteiger partial charge on any atom is -0.396 e. The number of rotatable bonds is 7. The van der Waals surface area contributed by atoms with E-state index in [4.69, 9.17) is 5.26 Å². The summed E-state index contributed by atoms with van der Waals surface area (Å²) < 4.78 is 0. The van der Waals surface area contributed by atoms with Crippen LogP contribution in [0.4, 0.5) is 0 Å². The first-order valence-electron chi connectivity index (χ1n) is 6.92. The monoisotopic (exact) mass is 260 g/mol. The van der Waals surface area contributed by atoms with E-state index in [2.05, 4.69) is 25.2 Å². The van der Waals surface area contributed by atoms with Crippen LogP contribution in [0.3, 0.4) is 0 Å². The molecule has 0 spiro atoms. The molecular formula is C16H24N2O. The Kier molecular flexibility index (Phi) is 6.01. The van der Waals surface area contributed by atoms with Crippen LogP contribution in [0.25, 0.3) is 0 Å². The van der Waals surface area contributed by atoms with Crippen LogP contribution in [-0.4, -0.2) is 18.3 Å². The molecule has 19 heavy (non-hydrogen) atoms. The van der Waals surface area contributed by atoms with Crippen LogP contribution in [0.2, 0.25) is 0 Å². The van der Waals surface area contributed by atoms with Gasteiger partial charge in [0.2, 0.25) is 0 Å². The van der Waals surface area contributed by atoms with E-state index in [1.54, 1.807) is 0 Å². The maximum Gasteiger partial charge on any atom is 0.0991 e. The summed E-state index contributed by atoms with van der Waals surface area (Å²) >= 11 is 0. The lowest BCUT2D eigenvalue weighted by atomic mass is 9.83. The molecule has 0 atom stereocenters. The Balaban J connectivity index is 2.61. The number of aliphatic hydroxyl groups is 1. The molecule has 104 valence electrons. The van der Waals surface area contributed by atoms with Crippen LogP contribution < -0.4 is 5.32 Å². The summed E-state index contributed by atoms with van der Waals surface area (Å²) in [7, 11) is 0. The van der Waals surface area contributed by atoms with Gasteiger partial charge >= 0.3 is 0 Å². The molecule has 3 nitrogen and oxygen atoms in total. The quantitative estimate of drug-likeness (QED) is 0.792. The normalized spacial score (nSPS) is 11.3. The Morgan fingerprint density at radius 3 is 2.47 bits per heavy atom. The van der Waals surface area contributed by atoms with Crippen molar-refractivity contribution in [1.29, 1.82) is 5.26 Å². The number of aliphatic hydroxyl groups excluding tert-OH is 1. The summed E-state index contributed by atoms with van der Waals surface area (Å²) in [5, 5.41) is 21.8. The first kappa shape index (κ1) is 15.7. The molecule has 1 aromatic carbocycles. The van der Waals surface area contributed by atoms with Gasteiger partial charge in [0.1, 0.15) is 0 Å².